The minimum Gasteiger partial charge on any atom is -0.354 e. The first kappa shape index (κ1) is 9.55. The Morgan fingerprint density at radius 2 is 2.13 bits per heavy atom. The summed E-state index contributed by atoms with van der Waals surface area (Å²) in [5, 5.41) is 0. The number of hydrogen-bond donors (Lipinski definition) is 1. The van der Waals surface area contributed by atoms with Crippen molar-refractivity contribution in [1.82, 2.24) is 4.72 Å². The summed E-state index contributed by atoms with van der Waals surface area (Å²) in [5.41, 5.74) is 1.42. The standard InChI is InChI=1S/C12H16N2S/c1-2-8-12-13-15-11-7-4-3-6-10(11)14(12)9-5-1/h3-4,6-7,12-13H,1-2,5,8-9H2. The highest BCUT2D eigenvalue weighted by molar-refractivity contribution is 7.97. The van der Waals surface area contributed by atoms with Crippen LogP contribution in [0.5, 0.6) is 0 Å². The van der Waals surface area contributed by atoms with Gasteiger partial charge in [0.2, 0.25) is 0 Å². The third-order valence-electron chi connectivity index (χ3n) is 3.23. The molecule has 1 unspecified atom stereocenters. The molecule has 2 nitrogen and oxygen atoms in total. The fraction of sp³-hybridized carbons (Fsp3) is 0.500. The van der Waals surface area contributed by atoms with Crippen LogP contribution in [0.1, 0.15) is 25.7 Å². The lowest BCUT2D eigenvalue weighted by Crippen LogP contribution is -2.45. The van der Waals surface area contributed by atoms with E-state index in [1.165, 1.54) is 42.8 Å². The van der Waals surface area contributed by atoms with E-state index in [2.05, 4.69) is 33.9 Å². The molecule has 1 N–H and O–H groups in total. The minimum atomic E-state index is 0.549. The van der Waals surface area contributed by atoms with Gasteiger partial charge in [-0.3, -0.25) is 0 Å². The van der Waals surface area contributed by atoms with E-state index in [1.807, 2.05) is 0 Å². The van der Waals surface area contributed by atoms with Gasteiger partial charge >= 0.3 is 0 Å². The van der Waals surface area contributed by atoms with Crippen LogP contribution in [0.15, 0.2) is 29.2 Å². The molecule has 1 atom stereocenters. The Hall–Kier alpha value is -0.670. The molecule has 0 bridgehead atoms. The average Bonchev–Trinajstić information content (AvgIpc) is 2.54. The summed E-state index contributed by atoms with van der Waals surface area (Å²) in [4.78, 5) is 3.91. The van der Waals surface area contributed by atoms with Crippen LogP contribution in [-0.4, -0.2) is 12.7 Å². The normalized spacial score (nSPS) is 25.3. The van der Waals surface area contributed by atoms with E-state index >= 15 is 0 Å². The largest absolute Gasteiger partial charge is 0.354 e. The number of benzene rings is 1. The molecule has 1 aromatic rings. The highest BCUT2D eigenvalue weighted by Gasteiger charge is 2.26. The molecule has 0 radical (unpaired) electrons. The van der Waals surface area contributed by atoms with Gasteiger partial charge < -0.3 is 4.90 Å². The summed E-state index contributed by atoms with van der Waals surface area (Å²) in [6, 6.07) is 8.72. The van der Waals surface area contributed by atoms with Gasteiger partial charge in [-0.05, 0) is 43.3 Å². The molecule has 1 fully saturated rings. The van der Waals surface area contributed by atoms with Gasteiger partial charge in [0.15, 0.2) is 0 Å². The second-order valence-electron chi connectivity index (χ2n) is 4.25. The zero-order valence-electron chi connectivity index (χ0n) is 8.78. The van der Waals surface area contributed by atoms with Crippen LogP contribution in [0.25, 0.3) is 0 Å². The average molecular weight is 220 g/mol. The van der Waals surface area contributed by atoms with Crippen LogP contribution in [0.3, 0.4) is 0 Å². The summed E-state index contributed by atoms with van der Waals surface area (Å²) < 4.78 is 3.56. The van der Waals surface area contributed by atoms with Crippen LogP contribution in [0.2, 0.25) is 0 Å². The molecule has 1 aromatic carbocycles. The van der Waals surface area contributed by atoms with Gasteiger partial charge in [0.25, 0.3) is 0 Å². The molecule has 2 heterocycles. The molecule has 3 rings (SSSR count). The Balaban J connectivity index is 1.96. The Bertz CT molecular complexity index is 353. The van der Waals surface area contributed by atoms with Crippen LogP contribution in [0.4, 0.5) is 5.69 Å². The minimum absolute atomic E-state index is 0.549. The van der Waals surface area contributed by atoms with Gasteiger partial charge in [0.05, 0.1) is 11.9 Å². The van der Waals surface area contributed by atoms with Gasteiger partial charge in [-0.15, -0.1) is 0 Å². The molecule has 0 spiro atoms. The molecule has 0 aliphatic carbocycles. The Labute approximate surface area is 95.2 Å². The first-order valence-corrected chi connectivity index (χ1v) is 6.55. The Morgan fingerprint density at radius 3 is 3.13 bits per heavy atom. The van der Waals surface area contributed by atoms with E-state index in [4.69, 9.17) is 0 Å². The van der Waals surface area contributed by atoms with Crippen molar-refractivity contribution in [3.8, 4) is 0 Å². The molecule has 15 heavy (non-hydrogen) atoms. The Morgan fingerprint density at radius 1 is 1.20 bits per heavy atom. The number of nitrogens with zero attached hydrogens (tertiary/aromatic N) is 1. The van der Waals surface area contributed by atoms with Crippen molar-refractivity contribution in [3.63, 3.8) is 0 Å². The molecule has 80 valence electrons. The smallest absolute Gasteiger partial charge is 0.0889 e. The van der Waals surface area contributed by atoms with Crippen molar-refractivity contribution in [1.29, 1.82) is 0 Å². The molecule has 0 amide bonds. The third kappa shape index (κ3) is 1.74. The first-order chi connectivity index (χ1) is 7.45. The molecular weight excluding hydrogens is 204 g/mol. The van der Waals surface area contributed by atoms with Gasteiger partial charge in [0.1, 0.15) is 0 Å². The molecule has 0 aromatic heterocycles. The molecule has 2 aliphatic heterocycles. The summed E-state index contributed by atoms with van der Waals surface area (Å²) in [7, 11) is 0. The Kier molecular flexibility index (Phi) is 2.59. The topological polar surface area (TPSA) is 15.3 Å². The van der Waals surface area contributed by atoms with Crippen LogP contribution >= 0.6 is 11.9 Å². The predicted octanol–water partition coefficient (Wildman–Crippen LogP) is 3.00. The number of hydrogen-bond acceptors (Lipinski definition) is 3. The maximum Gasteiger partial charge on any atom is 0.0889 e. The predicted molar refractivity (Wildman–Crippen MR) is 65.0 cm³/mol. The second kappa shape index (κ2) is 4.06. The SMILES string of the molecule is c1ccc2c(c1)SNC1CCCCCN21. The fourth-order valence-corrected chi connectivity index (χ4v) is 3.38. The van der Waals surface area contributed by atoms with E-state index in [-0.39, 0.29) is 0 Å². The highest BCUT2D eigenvalue weighted by atomic mass is 32.2. The van der Waals surface area contributed by atoms with Crippen molar-refractivity contribution in [3.05, 3.63) is 24.3 Å². The molecule has 2 aliphatic rings. The zero-order valence-corrected chi connectivity index (χ0v) is 9.59. The van der Waals surface area contributed by atoms with E-state index < -0.39 is 0 Å². The molecule has 3 heteroatoms. The summed E-state index contributed by atoms with van der Waals surface area (Å²) >= 11 is 1.79. The maximum absolute atomic E-state index is 3.56. The zero-order chi connectivity index (χ0) is 10.1. The number of fused-ring (bicyclic) bond motifs is 3. The first-order valence-electron chi connectivity index (χ1n) is 5.73. The van der Waals surface area contributed by atoms with Crippen molar-refractivity contribution in [2.45, 2.75) is 36.7 Å². The van der Waals surface area contributed by atoms with E-state index in [0.717, 1.165) is 0 Å². The van der Waals surface area contributed by atoms with Gasteiger partial charge in [-0.25, -0.2) is 4.72 Å². The van der Waals surface area contributed by atoms with Crippen molar-refractivity contribution >= 4 is 17.6 Å². The third-order valence-corrected chi connectivity index (χ3v) is 4.19. The number of para-hydroxylation sites is 1. The van der Waals surface area contributed by atoms with Crippen molar-refractivity contribution in [2.24, 2.45) is 0 Å². The maximum atomic E-state index is 3.56. The lowest BCUT2D eigenvalue weighted by atomic mass is 10.2. The summed E-state index contributed by atoms with van der Waals surface area (Å²) in [5.74, 6) is 0. The molecule has 1 saturated heterocycles. The van der Waals surface area contributed by atoms with E-state index in [1.54, 1.807) is 11.9 Å². The lowest BCUT2D eigenvalue weighted by Gasteiger charge is -2.37. The molecule has 0 saturated carbocycles. The number of nitrogens with one attached hydrogen (secondary N) is 1. The fourth-order valence-electron chi connectivity index (χ4n) is 2.43. The second-order valence-corrected chi connectivity index (χ2v) is 5.13. The monoisotopic (exact) mass is 220 g/mol. The highest BCUT2D eigenvalue weighted by Crippen LogP contribution is 2.36. The van der Waals surface area contributed by atoms with Crippen LogP contribution < -0.4 is 9.62 Å². The van der Waals surface area contributed by atoms with Gasteiger partial charge in [0, 0.05) is 11.4 Å². The molecular formula is C12H16N2S. The van der Waals surface area contributed by atoms with E-state index in [9.17, 15) is 0 Å². The van der Waals surface area contributed by atoms with Crippen molar-refractivity contribution < 1.29 is 0 Å². The van der Waals surface area contributed by atoms with Crippen molar-refractivity contribution in [2.75, 3.05) is 11.4 Å². The van der Waals surface area contributed by atoms with E-state index in [0.29, 0.717) is 6.17 Å². The summed E-state index contributed by atoms with van der Waals surface area (Å²) in [6.45, 7) is 1.20. The number of rotatable bonds is 0. The quantitative estimate of drug-likeness (QED) is 0.677. The van der Waals surface area contributed by atoms with Crippen LogP contribution in [-0.2, 0) is 0 Å². The van der Waals surface area contributed by atoms with Crippen LogP contribution in [0, 0.1) is 0 Å². The van der Waals surface area contributed by atoms with Gasteiger partial charge in [-0.1, -0.05) is 18.6 Å². The lowest BCUT2D eigenvalue weighted by molar-refractivity contribution is 0.551. The summed E-state index contributed by atoms with van der Waals surface area (Å²) in [6.07, 6.45) is 5.89. The number of anilines is 1. The van der Waals surface area contributed by atoms with Gasteiger partial charge in [-0.2, -0.15) is 0 Å².